The molecule has 182 valence electrons. The summed E-state index contributed by atoms with van der Waals surface area (Å²) in [5.41, 5.74) is 3.95. The van der Waals surface area contributed by atoms with Gasteiger partial charge in [-0.3, -0.25) is 10.1 Å². The Labute approximate surface area is 202 Å². The Morgan fingerprint density at radius 1 is 1.09 bits per heavy atom. The van der Waals surface area contributed by atoms with E-state index in [0.29, 0.717) is 24.1 Å². The van der Waals surface area contributed by atoms with Crippen LogP contribution >= 0.6 is 0 Å². The summed E-state index contributed by atoms with van der Waals surface area (Å²) >= 11 is 0. The van der Waals surface area contributed by atoms with Gasteiger partial charge in [0.2, 0.25) is 0 Å². The van der Waals surface area contributed by atoms with Crippen LogP contribution in [-0.4, -0.2) is 39.9 Å². The normalized spacial score (nSPS) is 18.1. The lowest BCUT2D eigenvalue weighted by Crippen LogP contribution is -2.29. The van der Waals surface area contributed by atoms with Crippen LogP contribution < -0.4 is 10.6 Å². The van der Waals surface area contributed by atoms with Gasteiger partial charge >= 0.3 is 6.09 Å². The molecule has 1 aliphatic heterocycles. The van der Waals surface area contributed by atoms with E-state index in [4.69, 9.17) is 4.74 Å². The number of aliphatic hydroxyl groups is 2. The third-order valence-corrected chi connectivity index (χ3v) is 5.94. The van der Waals surface area contributed by atoms with E-state index in [0.717, 1.165) is 16.7 Å². The SMILES string of the molecule is O=C(NCc1cc(-c2ccccc2)cc(C(O)C2CC(O)CN2)c1)OCc1ccc([N+](=O)[O-])cc1. The van der Waals surface area contributed by atoms with Gasteiger partial charge in [0.25, 0.3) is 5.69 Å². The summed E-state index contributed by atoms with van der Waals surface area (Å²) in [6.45, 7) is 0.600. The van der Waals surface area contributed by atoms with Crippen molar-refractivity contribution in [1.82, 2.24) is 10.6 Å². The molecular formula is C26H27N3O6. The zero-order valence-electron chi connectivity index (χ0n) is 19.0. The zero-order valence-corrected chi connectivity index (χ0v) is 19.0. The molecule has 0 saturated carbocycles. The number of rotatable bonds is 8. The summed E-state index contributed by atoms with van der Waals surface area (Å²) in [5, 5.41) is 37.4. The van der Waals surface area contributed by atoms with Gasteiger partial charge in [-0.2, -0.15) is 0 Å². The zero-order chi connectivity index (χ0) is 24.8. The topological polar surface area (TPSA) is 134 Å². The molecule has 3 unspecified atom stereocenters. The van der Waals surface area contributed by atoms with Crippen LogP contribution in [0.5, 0.6) is 0 Å². The lowest BCUT2D eigenvalue weighted by molar-refractivity contribution is -0.384. The fourth-order valence-electron chi connectivity index (χ4n) is 4.10. The summed E-state index contributed by atoms with van der Waals surface area (Å²) in [6.07, 6.45) is -1.47. The van der Waals surface area contributed by atoms with Crippen LogP contribution in [-0.2, 0) is 17.9 Å². The van der Waals surface area contributed by atoms with Gasteiger partial charge in [-0.1, -0.05) is 36.4 Å². The van der Waals surface area contributed by atoms with Gasteiger partial charge < -0.3 is 25.6 Å². The molecule has 4 rings (SSSR count). The molecule has 3 aromatic rings. The van der Waals surface area contributed by atoms with E-state index in [-0.39, 0.29) is 24.9 Å². The molecule has 0 aromatic heterocycles. The van der Waals surface area contributed by atoms with Crippen LogP contribution in [0.4, 0.5) is 10.5 Å². The minimum atomic E-state index is -0.816. The molecule has 0 bridgehead atoms. The summed E-state index contributed by atoms with van der Waals surface area (Å²) in [4.78, 5) is 22.5. The van der Waals surface area contributed by atoms with Crippen molar-refractivity contribution in [2.24, 2.45) is 0 Å². The van der Waals surface area contributed by atoms with Gasteiger partial charge in [-0.25, -0.2) is 4.79 Å². The maximum absolute atomic E-state index is 12.3. The first-order valence-electron chi connectivity index (χ1n) is 11.3. The second kappa shape index (κ2) is 11.1. The molecule has 1 saturated heterocycles. The number of nitrogens with zero attached hydrogens (tertiary/aromatic N) is 1. The first kappa shape index (κ1) is 24.3. The molecule has 0 spiro atoms. The number of nitro benzene ring substituents is 1. The van der Waals surface area contributed by atoms with Crippen LogP contribution in [0.15, 0.2) is 72.8 Å². The minimum absolute atomic E-state index is 0.0203. The highest BCUT2D eigenvalue weighted by Crippen LogP contribution is 2.29. The number of aliphatic hydroxyl groups excluding tert-OH is 2. The third kappa shape index (κ3) is 6.42. The van der Waals surface area contributed by atoms with E-state index in [1.165, 1.54) is 24.3 Å². The summed E-state index contributed by atoms with van der Waals surface area (Å²) in [5.74, 6) is 0. The second-order valence-electron chi connectivity index (χ2n) is 8.53. The molecule has 3 atom stereocenters. The van der Waals surface area contributed by atoms with Gasteiger partial charge in [0, 0.05) is 31.3 Å². The van der Waals surface area contributed by atoms with Crippen LogP contribution in [0.2, 0.25) is 0 Å². The summed E-state index contributed by atoms with van der Waals surface area (Å²) in [6, 6.07) is 21.0. The number of benzene rings is 3. The molecule has 3 aromatic carbocycles. The van der Waals surface area contributed by atoms with E-state index >= 15 is 0 Å². The Kier molecular flexibility index (Phi) is 7.71. The number of amides is 1. The first-order chi connectivity index (χ1) is 16.9. The molecule has 1 amide bonds. The number of hydrogen-bond acceptors (Lipinski definition) is 7. The predicted octanol–water partition coefficient (Wildman–Crippen LogP) is 3.44. The number of carbonyl (C=O) groups is 1. The maximum Gasteiger partial charge on any atom is 0.407 e. The van der Waals surface area contributed by atoms with Crippen LogP contribution in [0.25, 0.3) is 11.1 Å². The fraction of sp³-hybridized carbons (Fsp3) is 0.269. The first-order valence-corrected chi connectivity index (χ1v) is 11.3. The van der Waals surface area contributed by atoms with Gasteiger partial charge in [0.1, 0.15) is 6.61 Å². The minimum Gasteiger partial charge on any atom is -0.445 e. The largest absolute Gasteiger partial charge is 0.445 e. The summed E-state index contributed by atoms with van der Waals surface area (Å²) < 4.78 is 5.23. The number of β-amino-alcohol motifs (C(OH)–C–C–N with tert-alkyl or cyclic N) is 1. The molecule has 4 N–H and O–H groups in total. The van der Waals surface area contributed by atoms with Crippen LogP contribution in [0.3, 0.4) is 0 Å². The average molecular weight is 478 g/mol. The number of ether oxygens (including phenoxy) is 1. The van der Waals surface area contributed by atoms with Crippen molar-refractivity contribution in [2.75, 3.05) is 6.54 Å². The lowest BCUT2D eigenvalue weighted by Gasteiger charge is -2.20. The van der Waals surface area contributed by atoms with Crippen molar-refractivity contribution in [3.63, 3.8) is 0 Å². The van der Waals surface area contributed by atoms with E-state index < -0.39 is 23.2 Å². The highest BCUT2D eigenvalue weighted by molar-refractivity contribution is 5.68. The number of nitro groups is 1. The highest BCUT2D eigenvalue weighted by Gasteiger charge is 2.29. The number of nitrogens with one attached hydrogen (secondary N) is 2. The van der Waals surface area contributed by atoms with E-state index in [2.05, 4.69) is 10.6 Å². The Morgan fingerprint density at radius 3 is 2.49 bits per heavy atom. The van der Waals surface area contributed by atoms with Crippen LogP contribution in [0.1, 0.15) is 29.2 Å². The van der Waals surface area contributed by atoms with Crippen molar-refractivity contribution in [3.8, 4) is 11.1 Å². The van der Waals surface area contributed by atoms with Crippen molar-refractivity contribution in [1.29, 1.82) is 0 Å². The van der Waals surface area contributed by atoms with Crippen molar-refractivity contribution >= 4 is 11.8 Å². The van der Waals surface area contributed by atoms with Crippen molar-refractivity contribution in [3.05, 3.63) is 99.6 Å². The van der Waals surface area contributed by atoms with E-state index in [1.54, 1.807) is 0 Å². The molecule has 1 heterocycles. The lowest BCUT2D eigenvalue weighted by atomic mass is 9.94. The van der Waals surface area contributed by atoms with Crippen LogP contribution in [0, 0.1) is 10.1 Å². The maximum atomic E-state index is 12.3. The predicted molar refractivity (Wildman–Crippen MR) is 129 cm³/mol. The molecule has 9 nitrogen and oxygen atoms in total. The Balaban J connectivity index is 1.43. The monoisotopic (exact) mass is 477 g/mol. The molecule has 1 aliphatic rings. The second-order valence-corrected chi connectivity index (χ2v) is 8.53. The van der Waals surface area contributed by atoms with E-state index in [1.807, 2.05) is 48.5 Å². The molecule has 0 aliphatic carbocycles. The molecule has 0 radical (unpaired) electrons. The van der Waals surface area contributed by atoms with Gasteiger partial charge in [0.15, 0.2) is 0 Å². The number of alkyl carbamates (subject to hydrolysis) is 1. The third-order valence-electron chi connectivity index (χ3n) is 5.94. The smallest absolute Gasteiger partial charge is 0.407 e. The molecule has 1 fully saturated rings. The highest BCUT2D eigenvalue weighted by atomic mass is 16.6. The molecular weight excluding hydrogens is 450 g/mol. The average Bonchev–Trinajstić information content (AvgIpc) is 3.32. The van der Waals surface area contributed by atoms with Gasteiger partial charge in [-0.15, -0.1) is 0 Å². The number of hydrogen-bond donors (Lipinski definition) is 4. The summed E-state index contributed by atoms with van der Waals surface area (Å²) in [7, 11) is 0. The Morgan fingerprint density at radius 2 is 1.83 bits per heavy atom. The fourth-order valence-corrected chi connectivity index (χ4v) is 4.10. The standard InChI is InChI=1S/C26H27N3O6/c30-23-13-24(27-15-23)25(31)21-11-18(10-20(12-21)19-4-2-1-3-5-19)14-28-26(32)35-16-17-6-8-22(9-7-17)29(33)34/h1-12,23-25,27,30-31H,13-16H2,(H,28,32). The van der Waals surface area contributed by atoms with E-state index in [9.17, 15) is 25.1 Å². The van der Waals surface area contributed by atoms with Crippen molar-refractivity contribution < 1.29 is 24.7 Å². The van der Waals surface area contributed by atoms with Gasteiger partial charge in [-0.05, 0) is 58.5 Å². The molecule has 9 heteroatoms. The molecule has 35 heavy (non-hydrogen) atoms. The van der Waals surface area contributed by atoms with Gasteiger partial charge in [0.05, 0.1) is 17.1 Å². The van der Waals surface area contributed by atoms with Crippen molar-refractivity contribution in [2.45, 2.75) is 37.8 Å². The Bertz CT molecular complexity index is 1170. The number of non-ortho nitro benzene ring substituents is 1. The number of carbonyl (C=O) groups excluding carboxylic acids is 1. The Hall–Kier alpha value is -3.79. The quantitative estimate of drug-likeness (QED) is 0.288.